The zero-order valence-electron chi connectivity index (χ0n) is 10.9. The summed E-state index contributed by atoms with van der Waals surface area (Å²) in [6, 6.07) is 9.12. The van der Waals surface area contributed by atoms with Gasteiger partial charge in [0.15, 0.2) is 0 Å². The third kappa shape index (κ3) is 2.86. The summed E-state index contributed by atoms with van der Waals surface area (Å²) in [4.78, 5) is 4.75. The lowest BCUT2D eigenvalue weighted by molar-refractivity contribution is 0.172. The maximum Gasteiger partial charge on any atom is 0.0473 e. The Bertz CT molecular complexity index is 362. The second-order valence-corrected chi connectivity index (χ2v) is 5.04. The van der Waals surface area contributed by atoms with E-state index in [-0.39, 0.29) is 0 Å². The van der Waals surface area contributed by atoms with Crippen molar-refractivity contribution in [2.75, 3.05) is 40.3 Å². The average molecular weight is 233 g/mol. The number of hydrogen-bond acceptors (Lipinski definition) is 3. The fourth-order valence-electron chi connectivity index (χ4n) is 2.58. The number of likely N-dealkylation sites (N-methyl/N-ethyl adjacent to an activating group) is 1. The molecule has 1 aromatic carbocycles. The predicted molar refractivity (Wildman–Crippen MR) is 72.1 cm³/mol. The number of rotatable bonds is 4. The molecule has 0 spiro atoms. The Labute approximate surface area is 104 Å². The molecule has 0 radical (unpaired) electrons. The van der Waals surface area contributed by atoms with Gasteiger partial charge in [0.2, 0.25) is 0 Å². The molecule has 1 heterocycles. The first-order valence-electron chi connectivity index (χ1n) is 6.39. The van der Waals surface area contributed by atoms with Crippen LogP contribution in [0, 0.1) is 0 Å². The van der Waals surface area contributed by atoms with E-state index >= 15 is 0 Å². The van der Waals surface area contributed by atoms with Crippen LogP contribution in [0.2, 0.25) is 0 Å². The minimum Gasteiger partial charge on any atom is -0.329 e. The first-order valence-corrected chi connectivity index (χ1v) is 6.39. The van der Waals surface area contributed by atoms with Gasteiger partial charge >= 0.3 is 0 Å². The van der Waals surface area contributed by atoms with Crippen molar-refractivity contribution in [3.63, 3.8) is 0 Å². The number of nitrogens with zero attached hydrogens (tertiary/aromatic N) is 2. The van der Waals surface area contributed by atoms with Gasteiger partial charge in [0.25, 0.3) is 0 Å². The van der Waals surface area contributed by atoms with Crippen molar-refractivity contribution < 1.29 is 0 Å². The van der Waals surface area contributed by atoms with Crippen molar-refractivity contribution in [1.82, 2.24) is 9.80 Å². The van der Waals surface area contributed by atoms with Crippen LogP contribution >= 0.6 is 0 Å². The zero-order chi connectivity index (χ0) is 12.3. The summed E-state index contributed by atoms with van der Waals surface area (Å²) in [5.41, 5.74) is 8.87. The second-order valence-electron chi connectivity index (χ2n) is 5.04. The maximum atomic E-state index is 5.96. The van der Waals surface area contributed by atoms with Gasteiger partial charge in [-0.05, 0) is 31.6 Å². The van der Waals surface area contributed by atoms with Gasteiger partial charge in [0.1, 0.15) is 0 Å². The Kier molecular flexibility index (Phi) is 4.15. The molecule has 0 amide bonds. The summed E-state index contributed by atoms with van der Waals surface area (Å²) in [5.74, 6) is 0. The fourth-order valence-corrected chi connectivity index (χ4v) is 2.58. The van der Waals surface area contributed by atoms with Gasteiger partial charge in [-0.25, -0.2) is 0 Å². The van der Waals surface area contributed by atoms with Crippen molar-refractivity contribution in [1.29, 1.82) is 0 Å². The SMILES string of the molecule is CN(C)CCN1CCc2ccccc2C1CN. The lowest BCUT2D eigenvalue weighted by atomic mass is 9.92. The topological polar surface area (TPSA) is 32.5 Å². The highest BCUT2D eigenvalue weighted by molar-refractivity contribution is 5.32. The first-order chi connectivity index (χ1) is 8.22. The van der Waals surface area contributed by atoms with Crippen molar-refractivity contribution in [3.8, 4) is 0 Å². The van der Waals surface area contributed by atoms with Crippen molar-refractivity contribution >= 4 is 0 Å². The van der Waals surface area contributed by atoms with Gasteiger partial charge in [0.05, 0.1) is 0 Å². The molecular formula is C14H23N3. The Hall–Kier alpha value is -0.900. The van der Waals surface area contributed by atoms with E-state index in [1.165, 1.54) is 11.1 Å². The Morgan fingerprint density at radius 2 is 2.12 bits per heavy atom. The van der Waals surface area contributed by atoms with Gasteiger partial charge in [-0.1, -0.05) is 24.3 Å². The van der Waals surface area contributed by atoms with E-state index in [0.717, 1.165) is 26.1 Å². The quantitative estimate of drug-likeness (QED) is 0.845. The minimum absolute atomic E-state index is 0.403. The average Bonchev–Trinajstić information content (AvgIpc) is 2.35. The van der Waals surface area contributed by atoms with Gasteiger partial charge < -0.3 is 10.6 Å². The standard InChI is InChI=1S/C14H23N3/c1-16(2)9-10-17-8-7-12-5-3-4-6-13(12)14(17)11-15/h3-6,14H,7-11,15H2,1-2H3. The lowest BCUT2D eigenvalue weighted by Gasteiger charge is -2.37. The second kappa shape index (κ2) is 5.63. The number of fused-ring (bicyclic) bond motifs is 1. The smallest absolute Gasteiger partial charge is 0.0473 e. The van der Waals surface area contributed by atoms with E-state index in [1.807, 2.05) is 0 Å². The molecule has 3 heteroatoms. The molecule has 0 fully saturated rings. The maximum absolute atomic E-state index is 5.96. The third-order valence-corrected chi connectivity index (χ3v) is 3.58. The van der Waals surface area contributed by atoms with E-state index in [9.17, 15) is 0 Å². The van der Waals surface area contributed by atoms with Crippen molar-refractivity contribution in [3.05, 3.63) is 35.4 Å². The number of hydrogen-bond donors (Lipinski definition) is 1. The summed E-state index contributed by atoms with van der Waals surface area (Å²) >= 11 is 0. The Morgan fingerprint density at radius 1 is 1.35 bits per heavy atom. The summed E-state index contributed by atoms with van der Waals surface area (Å²) in [7, 11) is 4.24. The molecule has 3 nitrogen and oxygen atoms in total. The summed E-state index contributed by atoms with van der Waals surface area (Å²) < 4.78 is 0. The van der Waals surface area contributed by atoms with E-state index in [0.29, 0.717) is 12.6 Å². The third-order valence-electron chi connectivity index (χ3n) is 3.58. The van der Waals surface area contributed by atoms with E-state index in [2.05, 4.69) is 48.2 Å². The fraction of sp³-hybridized carbons (Fsp3) is 0.571. The molecule has 1 aliphatic heterocycles. The van der Waals surface area contributed by atoms with Crippen LogP contribution < -0.4 is 5.73 Å². The van der Waals surface area contributed by atoms with Crippen LogP contribution in [0.3, 0.4) is 0 Å². The molecule has 1 unspecified atom stereocenters. The van der Waals surface area contributed by atoms with E-state index in [1.54, 1.807) is 0 Å². The molecule has 17 heavy (non-hydrogen) atoms. The minimum atomic E-state index is 0.403. The van der Waals surface area contributed by atoms with Gasteiger partial charge in [-0.15, -0.1) is 0 Å². The largest absolute Gasteiger partial charge is 0.329 e. The van der Waals surface area contributed by atoms with E-state index in [4.69, 9.17) is 5.73 Å². The molecule has 2 rings (SSSR count). The summed E-state index contributed by atoms with van der Waals surface area (Å²) in [6.07, 6.45) is 1.15. The molecule has 0 aliphatic carbocycles. The molecule has 0 saturated carbocycles. The molecule has 1 atom stereocenters. The highest BCUT2D eigenvalue weighted by atomic mass is 15.2. The van der Waals surface area contributed by atoms with Crippen molar-refractivity contribution in [2.45, 2.75) is 12.5 Å². The number of benzene rings is 1. The highest BCUT2D eigenvalue weighted by Crippen LogP contribution is 2.28. The van der Waals surface area contributed by atoms with Crippen molar-refractivity contribution in [2.24, 2.45) is 5.73 Å². The Balaban J connectivity index is 2.12. The molecule has 1 aromatic rings. The normalized spacial score (nSPS) is 20.6. The molecule has 1 aliphatic rings. The lowest BCUT2D eigenvalue weighted by Crippen LogP contribution is -2.42. The van der Waals surface area contributed by atoms with Gasteiger partial charge in [-0.3, -0.25) is 4.90 Å². The highest BCUT2D eigenvalue weighted by Gasteiger charge is 2.25. The van der Waals surface area contributed by atoms with Crippen LogP contribution in [0.5, 0.6) is 0 Å². The summed E-state index contributed by atoms with van der Waals surface area (Å²) in [6.45, 7) is 4.04. The van der Waals surface area contributed by atoms with E-state index < -0.39 is 0 Å². The number of nitrogens with two attached hydrogens (primary N) is 1. The van der Waals surface area contributed by atoms with Crippen LogP contribution in [-0.4, -0.2) is 50.1 Å². The molecule has 0 aromatic heterocycles. The Morgan fingerprint density at radius 3 is 2.82 bits per heavy atom. The van der Waals surface area contributed by atoms with Gasteiger partial charge in [-0.2, -0.15) is 0 Å². The van der Waals surface area contributed by atoms with Crippen LogP contribution in [0.15, 0.2) is 24.3 Å². The van der Waals surface area contributed by atoms with Gasteiger partial charge in [0, 0.05) is 32.2 Å². The molecular weight excluding hydrogens is 210 g/mol. The predicted octanol–water partition coefficient (Wildman–Crippen LogP) is 1.11. The van der Waals surface area contributed by atoms with Crippen LogP contribution in [0.25, 0.3) is 0 Å². The molecule has 94 valence electrons. The van der Waals surface area contributed by atoms with Crippen LogP contribution in [0.1, 0.15) is 17.2 Å². The summed E-state index contributed by atoms with van der Waals surface area (Å²) in [5, 5.41) is 0. The van der Waals surface area contributed by atoms with Crippen LogP contribution in [0.4, 0.5) is 0 Å². The molecule has 0 bridgehead atoms. The zero-order valence-corrected chi connectivity index (χ0v) is 10.9. The van der Waals surface area contributed by atoms with Crippen LogP contribution in [-0.2, 0) is 6.42 Å². The molecule has 0 saturated heterocycles. The molecule has 2 N–H and O–H groups in total. The first kappa shape index (κ1) is 12.6. The monoisotopic (exact) mass is 233 g/mol.